The standard InChI is InChI=1S/C17H21N3O2/c1-19-9-6-14(7-10-19)20(2)16-15-4-3-13(17(21)22)11-12(15)5-8-18-16/h3-5,8,11,14H,6-7,9-10H2,1-2H3,(H,21,22). The maximum atomic E-state index is 11.1. The zero-order valence-corrected chi connectivity index (χ0v) is 13.0. The van der Waals surface area contributed by atoms with E-state index in [2.05, 4.69) is 28.9 Å². The van der Waals surface area contributed by atoms with Crippen LogP contribution in [0.2, 0.25) is 0 Å². The van der Waals surface area contributed by atoms with Crippen LogP contribution in [0.25, 0.3) is 10.8 Å². The third-order valence-electron chi connectivity index (χ3n) is 4.56. The molecule has 0 aliphatic carbocycles. The normalized spacial score (nSPS) is 16.8. The molecule has 0 spiro atoms. The van der Waals surface area contributed by atoms with Crippen LogP contribution in [-0.4, -0.2) is 54.2 Å². The first-order chi connectivity index (χ1) is 10.6. The van der Waals surface area contributed by atoms with Crippen molar-refractivity contribution in [1.82, 2.24) is 9.88 Å². The van der Waals surface area contributed by atoms with Crippen LogP contribution in [0.4, 0.5) is 5.82 Å². The molecule has 116 valence electrons. The van der Waals surface area contributed by atoms with Crippen molar-refractivity contribution in [1.29, 1.82) is 0 Å². The van der Waals surface area contributed by atoms with Crippen molar-refractivity contribution in [2.45, 2.75) is 18.9 Å². The molecule has 1 saturated heterocycles. The van der Waals surface area contributed by atoms with Gasteiger partial charge >= 0.3 is 5.97 Å². The first-order valence-corrected chi connectivity index (χ1v) is 7.59. The summed E-state index contributed by atoms with van der Waals surface area (Å²) in [7, 11) is 4.24. The van der Waals surface area contributed by atoms with Gasteiger partial charge in [0.05, 0.1) is 5.56 Å². The molecule has 1 aromatic carbocycles. The fourth-order valence-electron chi connectivity index (χ4n) is 3.13. The van der Waals surface area contributed by atoms with Crippen LogP contribution in [-0.2, 0) is 0 Å². The van der Waals surface area contributed by atoms with Gasteiger partial charge < -0.3 is 14.9 Å². The van der Waals surface area contributed by atoms with E-state index in [1.165, 1.54) is 0 Å². The number of aromatic nitrogens is 1. The molecular formula is C17H21N3O2. The first-order valence-electron chi connectivity index (χ1n) is 7.59. The second-order valence-corrected chi connectivity index (χ2v) is 6.02. The number of rotatable bonds is 3. The Kier molecular flexibility index (Phi) is 3.98. The highest BCUT2D eigenvalue weighted by atomic mass is 16.4. The lowest BCUT2D eigenvalue weighted by atomic mass is 10.0. The van der Waals surface area contributed by atoms with Gasteiger partial charge in [-0.1, -0.05) is 0 Å². The quantitative estimate of drug-likeness (QED) is 0.943. The van der Waals surface area contributed by atoms with Crippen LogP contribution in [0.1, 0.15) is 23.2 Å². The van der Waals surface area contributed by atoms with Crippen LogP contribution >= 0.6 is 0 Å². The van der Waals surface area contributed by atoms with E-state index in [-0.39, 0.29) is 0 Å². The Morgan fingerprint density at radius 1 is 1.32 bits per heavy atom. The smallest absolute Gasteiger partial charge is 0.335 e. The average molecular weight is 299 g/mol. The Bertz CT molecular complexity index is 693. The molecule has 0 saturated carbocycles. The molecule has 1 N–H and O–H groups in total. The molecule has 1 aromatic heterocycles. The van der Waals surface area contributed by atoms with E-state index >= 15 is 0 Å². The van der Waals surface area contributed by atoms with E-state index in [9.17, 15) is 4.79 Å². The molecule has 0 atom stereocenters. The van der Waals surface area contributed by atoms with Gasteiger partial charge in [-0.3, -0.25) is 0 Å². The van der Waals surface area contributed by atoms with Crippen molar-refractivity contribution in [3.63, 3.8) is 0 Å². The summed E-state index contributed by atoms with van der Waals surface area (Å²) in [6.45, 7) is 2.20. The number of hydrogen-bond donors (Lipinski definition) is 1. The van der Waals surface area contributed by atoms with E-state index in [1.807, 2.05) is 12.1 Å². The van der Waals surface area contributed by atoms with E-state index in [1.54, 1.807) is 18.3 Å². The van der Waals surface area contributed by atoms with Crippen LogP contribution in [0.5, 0.6) is 0 Å². The fraction of sp³-hybridized carbons (Fsp3) is 0.412. The molecule has 2 aromatic rings. The minimum absolute atomic E-state index is 0.312. The molecule has 0 bridgehead atoms. The summed E-state index contributed by atoms with van der Waals surface area (Å²) in [6, 6.07) is 7.58. The Hall–Kier alpha value is -2.14. The second kappa shape index (κ2) is 5.93. The lowest BCUT2D eigenvalue weighted by Gasteiger charge is -2.36. The molecule has 1 aliphatic heterocycles. The van der Waals surface area contributed by atoms with Crippen molar-refractivity contribution in [3.05, 3.63) is 36.0 Å². The topological polar surface area (TPSA) is 56.7 Å². The zero-order valence-electron chi connectivity index (χ0n) is 13.0. The molecule has 2 heterocycles. The molecule has 5 heteroatoms. The molecular weight excluding hydrogens is 278 g/mol. The van der Waals surface area contributed by atoms with Gasteiger partial charge in [0.1, 0.15) is 5.82 Å². The first kappa shape index (κ1) is 14.8. The highest BCUT2D eigenvalue weighted by molar-refractivity contribution is 5.98. The lowest BCUT2D eigenvalue weighted by Crippen LogP contribution is -2.42. The number of aromatic carboxylic acids is 1. The largest absolute Gasteiger partial charge is 0.478 e. The van der Waals surface area contributed by atoms with Crippen molar-refractivity contribution in [3.8, 4) is 0 Å². The molecule has 0 radical (unpaired) electrons. The molecule has 1 aliphatic rings. The fourth-order valence-corrected chi connectivity index (χ4v) is 3.13. The van der Waals surface area contributed by atoms with Crippen molar-refractivity contribution in [2.75, 3.05) is 32.1 Å². The minimum Gasteiger partial charge on any atom is -0.478 e. The highest BCUT2D eigenvalue weighted by Gasteiger charge is 2.22. The Morgan fingerprint density at radius 3 is 2.73 bits per heavy atom. The number of carboxylic acids is 1. The number of anilines is 1. The number of benzene rings is 1. The van der Waals surface area contributed by atoms with Gasteiger partial charge in [-0.15, -0.1) is 0 Å². The van der Waals surface area contributed by atoms with Crippen molar-refractivity contribution in [2.24, 2.45) is 0 Å². The van der Waals surface area contributed by atoms with E-state index in [4.69, 9.17) is 5.11 Å². The Morgan fingerprint density at radius 2 is 2.05 bits per heavy atom. The third kappa shape index (κ3) is 2.76. The van der Waals surface area contributed by atoms with Gasteiger partial charge in [-0.2, -0.15) is 0 Å². The monoisotopic (exact) mass is 299 g/mol. The number of likely N-dealkylation sites (tertiary alicyclic amines) is 1. The number of carbonyl (C=O) groups is 1. The number of nitrogens with zero attached hydrogens (tertiary/aromatic N) is 3. The van der Waals surface area contributed by atoms with Gasteiger partial charge in [0.2, 0.25) is 0 Å². The highest BCUT2D eigenvalue weighted by Crippen LogP contribution is 2.28. The molecule has 0 unspecified atom stereocenters. The van der Waals surface area contributed by atoms with Gasteiger partial charge in [0.25, 0.3) is 0 Å². The number of hydrogen-bond acceptors (Lipinski definition) is 4. The average Bonchev–Trinajstić information content (AvgIpc) is 2.53. The second-order valence-electron chi connectivity index (χ2n) is 6.02. The number of pyridine rings is 1. The molecule has 22 heavy (non-hydrogen) atoms. The summed E-state index contributed by atoms with van der Waals surface area (Å²) < 4.78 is 0. The van der Waals surface area contributed by atoms with E-state index < -0.39 is 5.97 Å². The number of fused-ring (bicyclic) bond motifs is 1. The predicted octanol–water partition coefficient (Wildman–Crippen LogP) is 2.46. The van der Waals surface area contributed by atoms with Gasteiger partial charge in [-0.05, 0) is 62.6 Å². The van der Waals surface area contributed by atoms with Crippen molar-refractivity contribution >= 4 is 22.6 Å². The third-order valence-corrected chi connectivity index (χ3v) is 4.56. The zero-order chi connectivity index (χ0) is 15.7. The van der Waals surface area contributed by atoms with Crippen molar-refractivity contribution < 1.29 is 9.90 Å². The van der Waals surface area contributed by atoms with E-state index in [0.29, 0.717) is 11.6 Å². The summed E-state index contributed by atoms with van der Waals surface area (Å²) in [5.74, 6) is 0.0351. The maximum absolute atomic E-state index is 11.1. The summed E-state index contributed by atoms with van der Waals surface area (Å²) in [4.78, 5) is 20.2. The van der Waals surface area contributed by atoms with Crippen LogP contribution in [0.3, 0.4) is 0 Å². The summed E-state index contributed by atoms with van der Waals surface area (Å²) in [5.41, 5.74) is 0.312. The number of piperidine rings is 1. The summed E-state index contributed by atoms with van der Waals surface area (Å²) in [5, 5.41) is 11.1. The Labute approximate surface area is 130 Å². The molecule has 0 amide bonds. The number of carboxylic acid groups (broad SMARTS) is 1. The van der Waals surface area contributed by atoms with Crippen LogP contribution in [0.15, 0.2) is 30.5 Å². The lowest BCUT2D eigenvalue weighted by molar-refractivity contribution is 0.0697. The molecule has 1 fully saturated rings. The summed E-state index contributed by atoms with van der Waals surface area (Å²) in [6.07, 6.45) is 4.01. The Balaban J connectivity index is 1.94. The van der Waals surface area contributed by atoms with Gasteiger partial charge in [0.15, 0.2) is 0 Å². The minimum atomic E-state index is -0.899. The van der Waals surface area contributed by atoms with E-state index in [0.717, 1.165) is 42.5 Å². The molecule has 5 nitrogen and oxygen atoms in total. The molecule has 3 rings (SSSR count). The SMILES string of the molecule is CN1CCC(N(C)c2nccc3cc(C(=O)O)ccc23)CC1. The van der Waals surface area contributed by atoms with Crippen LogP contribution < -0.4 is 4.90 Å². The van der Waals surface area contributed by atoms with Crippen LogP contribution in [0, 0.1) is 0 Å². The predicted molar refractivity (Wildman–Crippen MR) is 87.6 cm³/mol. The maximum Gasteiger partial charge on any atom is 0.335 e. The van der Waals surface area contributed by atoms with Gasteiger partial charge in [0, 0.05) is 24.7 Å². The summed E-state index contributed by atoms with van der Waals surface area (Å²) >= 11 is 0. The van der Waals surface area contributed by atoms with Gasteiger partial charge in [-0.25, -0.2) is 9.78 Å².